The van der Waals surface area contributed by atoms with Crippen LogP contribution in [0.1, 0.15) is 0 Å². The topological polar surface area (TPSA) is 63.6 Å². The van der Waals surface area contributed by atoms with Gasteiger partial charge >= 0.3 is 0 Å². The van der Waals surface area contributed by atoms with Crippen LogP contribution in [-0.2, 0) is 16.6 Å². The SMILES string of the molecule is CN(C)CCn1ccc2c(NS(=O)(=O)c3ccccc3Oc3ccccc3)cccc21. The van der Waals surface area contributed by atoms with Crippen LogP contribution in [0.25, 0.3) is 10.9 Å². The quantitative estimate of drug-likeness (QED) is 0.432. The third-order valence-electron chi connectivity index (χ3n) is 4.96. The second-order valence-electron chi connectivity index (χ2n) is 7.52. The summed E-state index contributed by atoms with van der Waals surface area (Å²) < 4.78 is 37.3. The van der Waals surface area contributed by atoms with Crippen LogP contribution < -0.4 is 9.46 Å². The van der Waals surface area contributed by atoms with E-state index in [-0.39, 0.29) is 10.6 Å². The highest BCUT2D eigenvalue weighted by molar-refractivity contribution is 7.92. The fourth-order valence-corrected chi connectivity index (χ4v) is 4.60. The smallest absolute Gasteiger partial charge is 0.265 e. The van der Waals surface area contributed by atoms with Crippen LogP contribution >= 0.6 is 0 Å². The minimum absolute atomic E-state index is 0.0860. The normalized spacial score (nSPS) is 11.7. The number of sulfonamides is 1. The van der Waals surface area contributed by atoms with Crippen LogP contribution in [0, 0.1) is 0 Å². The van der Waals surface area contributed by atoms with Crippen molar-refractivity contribution in [1.29, 1.82) is 0 Å². The Hall–Kier alpha value is -3.29. The predicted molar refractivity (Wildman–Crippen MR) is 124 cm³/mol. The van der Waals surface area contributed by atoms with Crippen LogP contribution in [0.5, 0.6) is 11.5 Å². The Kier molecular flexibility index (Phi) is 5.97. The molecule has 0 atom stereocenters. The third kappa shape index (κ3) is 4.73. The summed E-state index contributed by atoms with van der Waals surface area (Å²) >= 11 is 0. The van der Waals surface area contributed by atoms with E-state index in [2.05, 4.69) is 14.2 Å². The standard InChI is InChI=1S/C24H25N3O3S/c1-26(2)17-18-27-16-15-20-21(11-8-12-22(20)27)25-31(28,29)24-14-7-6-13-23(24)30-19-9-4-3-5-10-19/h3-16,25H,17-18H2,1-2H3. The number of aromatic nitrogens is 1. The van der Waals surface area contributed by atoms with Gasteiger partial charge in [0.1, 0.15) is 16.4 Å². The Morgan fingerprint density at radius 1 is 0.903 bits per heavy atom. The molecular formula is C24H25N3O3S. The van der Waals surface area contributed by atoms with Gasteiger partial charge in [0.25, 0.3) is 10.0 Å². The highest BCUT2D eigenvalue weighted by Gasteiger charge is 2.21. The summed E-state index contributed by atoms with van der Waals surface area (Å²) in [6.45, 7) is 1.71. The summed E-state index contributed by atoms with van der Waals surface area (Å²) in [5.41, 5.74) is 1.52. The largest absolute Gasteiger partial charge is 0.456 e. The van der Waals surface area contributed by atoms with E-state index in [1.165, 1.54) is 0 Å². The van der Waals surface area contributed by atoms with Gasteiger partial charge in [0.15, 0.2) is 0 Å². The summed E-state index contributed by atoms with van der Waals surface area (Å²) in [5, 5.41) is 0.853. The summed E-state index contributed by atoms with van der Waals surface area (Å²) in [4.78, 5) is 2.20. The minimum Gasteiger partial charge on any atom is -0.456 e. The average molecular weight is 436 g/mol. The fraction of sp³-hybridized carbons (Fsp3) is 0.167. The van der Waals surface area contributed by atoms with Crippen molar-refractivity contribution in [2.24, 2.45) is 0 Å². The molecule has 1 N–H and O–H groups in total. The van der Waals surface area contributed by atoms with E-state index in [0.29, 0.717) is 11.4 Å². The number of benzene rings is 3. The second-order valence-corrected chi connectivity index (χ2v) is 9.17. The lowest BCUT2D eigenvalue weighted by Crippen LogP contribution is -2.18. The van der Waals surface area contributed by atoms with Gasteiger partial charge < -0.3 is 14.2 Å². The van der Waals surface area contributed by atoms with Crippen molar-refractivity contribution in [2.45, 2.75) is 11.4 Å². The first kappa shape index (κ1) is 21.0. The van der Waals surface area contributed by atoms with E-state index in [1.54, 1.807) is 42.5 Å². The first-order valence-electron chi connectivity index (χ1n) is 10.0. The molecule has 160 valence electrons. The van der Waals surface area contributed by atoms with Crippen molar-refractivity contribution in [3.05, 3.63) is 85.1 Å². The van der Waals surface area contributed by atoms with Gasteiger partial charge in [0.05, 0.1) is 11.2 Å². The van der Waals surface area contributed by atoms with E-state index < -0.39 is 10.0 Å². The Morgan fingerprint density at radius 3 is 2.42 bits per heavy atom. The number of nitrogens with one attached hydrogen (secondary N) is 1. The molecule has 0 aliphatic carbocycles. The van der Waals surface area contributed by atoms with E-state index in [1.807, 2.05) is 56.7 Å². The van der Waals surface area contributed by atoms with Crippen molar-refractivity contribution in [3.63, 3.8) is 0 Å². The molecule has 1 heterocycles. The molecule has 0 fully saturated rings. The van der Waals surface area contributed by atoms with Gasteiger partial charge in [-0.2, -0.15) is 0 Å². The van der Waals surface area contributed by atoms with Crippen LogP contribution in [0.4, 0.5) is 5.69 Å². The van der Waals surface area contributed by atoms with Crippen LogP contribution in [0.3, 0.4) is 0 Å². The number of anilines is 1. The minimum atomic E-state index is -3.86. The van der Waals surface area contributed by atoms with Crippen LogP contribution in [0.15, 0.2) is 90.0 Å². The molecule has 0 unspecified atom stereocenters. The highest BCUT2D eigenvalue weighted by atomic mass is 32.2. The summed E-state index contributed by atoms with van der Waals surface area (Å²) in [7, 11) is 0.191. The maximum absolute atomic E-state index is 13.3. The molecule has 0 bridgehead atoms. The maximum atomic E-state index is 13.3. The summed E-state index contributed by atoms with van der Waals surface area (Å²) in [5.74, 6) is 0.849. The lowest BCUT2D eigenvalue weighted by molar-refractivity contribution is 0.387. The van der Waals surface area contributed by atoms with Gasteiger partial charge in [-0.1, -0.05) is 36.4 Å². The molecule has 1 aromatic heterocycles. The van der Waals surface area contributed by atoms with Crippen molar-refractivity contribution in [2.75, 3.05) is 25.4 Å². The predicted octanol–water partition coefficient (Wildman–Crippen LogP) is 4.80. The molecule has 0 saturated carbocycles. The Bertz CT molecular complexity index is 1280. The van der Waals surface area contributed by atoms with E-state index >= 15 is 0 Å². The lowest BCUT2D eigenvalue weighted by atomic mass is 10.2. The second kappa shape index (κ2) is 8.83. The molecule has 0 radical (unpaired) electrons. The molecule has 4 rings (SSSR count). The molecule has 0 saturated heterocycles. The van der Waals surface area contributed by atoms with Gasteiger partial charge in [-0.3, -0.25) is 4.72 Å². The molecule has 4 aromatic rings. The van der Waals surface area contributed by atoms with Crippen molar-refractivity contribution < 1.29 is 13.2 Å². The number of fused-ring (bicyclic) bond motifs is 1. The van der Waals surface area contributed by atoms with Crippen molar-refractivity contribution in [3.8, 4) is 11.5 Å². The van der Waals surface area contributed by atoms with Crippen LogP contribution in [0.2, 0.25) is 0 Å². The summed E-state index contributed by atoms with van der Waals surface area (Å²) in [6.07, 6.45) is 1.98. The Balaban J connectivity index is 1.65. The van der Waals surface area contributed by atoms with E-state index in [0.717, 1.165) is 24.0 Å². The van der Waals surface area contributed by atoms with Gasteiger partial charge in [-0.25, -0.2) is 8.42 Å². The monoisotopic (exact) mass is 435 g/mol. The first-order chi connectivity index (χ1) is 14.9. The number of hydrogen-bond acceptors (Lipinski definition) is 4. The molecule has 0 spiro atoms. The molecule has 6 nitrogen and oxygen atoms in total. The third-order valence-corrected chi connectivity index (χ3v) is 6.36. The Morgan fingerprint density at radius 2 is 1.65 bits per heavy atom. The van der Waals surface area contributed by atoms with Gasteiger partial charge in [0.2, 0.25) is 0 Å². The first-order valence-corrected chi connectivity index (χ1v) is 11.5. The molecule has 0 amide bonds. The number of para-hydroxylation sites is 2. The Labute approximate surface area is 182 Å². The number of nitrogens with zero attached hydrogens (tertiary/aromatic N) is 2. The number of rotatable bonds is 8. The lowest BCUT2D eigenvalue weighted by Gasteiger charge is -2.14. The number of hydrogen-bond donors (Lipinski definition) is 1. The van der Waals surface area contributed by atoms with Gasteiger partial charge in [-0.05, 0) is 56.6 Å². The van der Waals surface area contributed by atoms with Crippen molar-refractivity contribution >= 4 is 26.6 Å². The average Bonchev–Trinajstić information content (AvgIpc) is 3.17. The molecule has 31 heavy (non-hydrogen) atoms. The molecular weight excluding hydrogens is 410 g/mol. The highest BCUT2D eigenvalue weighted by Crippen LogP contribution is 2.32. The number of likely N-dealkylation sites (N-methyl/N-ethyl adjacent to an activating group) is 1. The van der Waals surface area contributed by atoms with Crippen LogP contribution in [-0.4, -0.2) is 38.5 Å². The van der Waals surface area contributed by atoms with E-state index in [4.69, 9.17) is 4.74 Å². The van der Waals surface area contributed by atoms with Crippen molar-refractivity contribution in [1.82, 2.24) is 9.47 Å². The zero-order chi connectivity index (χ0) is 21.8. The fourth-order valence-electron chi connectivity index (χ4n) is 3.39. The molecule has 3 aromatic carbocycles. The molecule has 7 heteroatoms. The maximum Gasteiger partial charge on any atom is 0.265 e. The summed E-state index contributed by atoms with van der Waals surface area (Å²) in [6, 6.07) is 23.3. The number of ether oxygens (including phenoxy) is 1. The zero-order valence-electron chi connectivity index (χ0n) is 17.5. The van der Waals surface area contributed by atoms with Gasteiger partial charge in [0, 0.05) is 24.7 Å². The van der Waals surface area contributed by atoms with E-state index in [9.17, 15) is 8.42 Å². The molecule has 0 aliphatic rings. The zero-order valence-corrected chi connectivity index (χ0v) is 18.3. The van der Waals surface area contributed by atoms with Gasteiger partial charge in [-0.15, -0.1) is 0 Å². The molecule has 0 aliphatic heterocycles.